The van der Waals surface area contributed by atoms with Crippen molar-refractivity contribution in [2.45, 2.75) is 46.5 Å². The molecule has 0 bridgehead atoms. The van der Waals surface area contributed by atoms with Gasteiger partial charge in [0.2, 0.25) is 0 Å². The predicted molar refractivity (Wildman–Crippen MR) is 101 cm³/mol. The number of benzene rings is 1. The van der Waals surface area contributed by atoms with E-state index < -0.39 is 0 Å². The second kappa shape index (κ2) is 6.16. The monoisotopic (exact) mass is 303 g/mol. The SMILES string of the molecule is C=C(C)C(C1=CC=CCC1)c1cc(C2=C(C)N=C2C)ccc1C. The van der Waals surface area contributed by atoms with Crippen LogP contribution in [0.2, 0.25) is 0 Å². The van der Waals surface area contributed by atoms with E-state index >= 15 is 0 Å². The van der Waals surface area contributed by atoms with Crippen molar-refractivity contribution in [1.82, 2.24) is 0 Å². The van der Waals surface area contributed by atoms with E-state index in [0.29, 0.717) is 5.92 Å². The number of allylic oxidation sites excluding steroid dienone is 7. The fourth-order valence-electron chi connectivity index (χ4n) is 3.74. The van der Waals surface area contributed by atoms with Gasteiger partial charge in [0.05, 0.1) is 0 Å². The molecule has 1 unspecified atom stereocenters. The van der Waals surface area contributed by atoms with Crippen LogP contribution >= 0.6 is 0 Å². The summed E-state index contributed by atoms with van der Waals surface area (Å²) in [5, 5.41) is 0. The quantitative estimate of drug-likeness (QED) is 0.593. The van der Waals surface area contributed by atoms with Crippen LogP contribution in [0.25, 0.3) is 5.57 Å². The lowest BCUT2D eigenvalue weighted by Gasteiger charge is -2.26. The highest BCUT2D eigenvalue weighted by atomic mass is 14.8. The summed E-state index contributed by atoms with van der Waals surface area (Å²) < 4.78 is 0. The Morgan fingerprint density at radius 3 is 2.57 bits per heavy atom. The molecule has 1 nitrogen and oxygen atoms in total. The van der Waals surface area contributed by atoms with Gasteiger partial charge in [-0.25, -0.2) is 0 Å². The van der Waals surface area contributed by atoms with Crippen LogP contribution in [0.5, 0.6) is 0 Å². The van der Waals surface area contributed by atoms with E-state index in [2.05, 4.69) is 75.7 Å². The Kier molecular flexibility index (Phi) is 4.21. The molecule has 3 rings (SSSR count). The van der Waals surface area contributed by atoms with Crippen molar-refractivity contribution in [3.05, 3.63) is 76.5 Å². The van der Waals surface area contributed by atoms with Crippen LogP contribution in [0.3, 0.4) is 0 Å². The first-order valence-electron chi connectivity index (χ1n) is 8.37. The van der Waals surface area contributed by atoms with E-state index in [4.69, 9.17) is 0 Å². The number of nitrogens with zero attached hydrogens (tertiary/aromatic N) is 1. The zero-order valence-electron chi connectivity index (χ0n) is 14.6. The Hall–Kier alpha value is -2.15. The van der Waals surface area contributed by atoms with E-state index in [9.17, 15) is 0 Å². The summed E-state index contributed by atoms with van der Waals surface area (Å²) in [6.07, 6.45) is 8.95. The van der Waals surface area contributed by atoms with Crippen molar-refractivity contribution < 1.29 is 0 Å². The molecule has 1 aliphatic carbocycles. The van der Waals surface area contributed by atoms with Gasteiger partial charge >= 0.3 is 0 Å². The molecule has 0 radical (unpaired) electrons. The number of aryl methyl sites for hydroxylation is 1. The molecule has 2 aliphatic rings. The van der Waals surface area contributed by atoms with E-state index in [1.165, 1.54) is 33.4 Å². The maximum atomic E-state index is 4.46. The Bertz CT molecular complexity index is 784. The van der Waals surface area contributed by atoms with Gasteiger partial charge in [0.1, 0.15) is 0 Å². The van der Waals surface area contributed by atoms with Crippen molar-refractivity contribution in [2.75, 3.05) is 0 Å². The number of hydrogen-bond acceptors (Lipinski definition) is 1. The Balaban J connectivity index is 2.07. The van der Waals surface area contributed by atoms with Crippen LogP contribution in [-0.4, -0.2) is 5.71 Å². The van der Waals surface area contributed by atoms with Crippen LogP contribution in [-0.2, 0) is 0 Å². The summed E-state index contributed by atoms with van der Waals surface area (Å²) in [6.45, 7) is 12.8. The van der Waals surface area contributed by atoms with Gasteiger partial charge in [-0.2, -0.15) is 0 Å². The molecule has 1 heterocycles. The highest BCUT2D eigenvalue weighted by Crippen LogP contribution is 2.39. The Labute approximate surface area is 139 Å². The molecular weight excluding hydrogens is 278 g/mol. The van der Waals surface area contributed by atoms with Crippen LogP contribution in [0, 0.1) is 6.92 Å². The molecule has 0 fully saturated rings. The summed E-state index contributed by atoms with van der Waals surface area (Å²) in [5.74, 6) is 0.318. The fraction of sp³-hybridized carbons (Fsp3) is 0.318. The van der Waals surface area contributed by atoms with E-state index in [1.807, 2.05) is 0 Å². The molecule has 0 aromatic heterocycles. The second-order valence-corrected chi connectivity index (χ2v) is 6.72. The third-order valence-corrected chi connectivity index (χ3v) is 4.85. The zero-order valence-corrected chi connectivity index (χ0v) is 14.6. The highest BCUT2D eigenvalue weighted by molar-refractivity contribution is 6.28. The van der Waals surface area contributed by atoms with Gasteiger partial charge in [-0.05, 0) is 63.3 Å². The first kappa shape index (κ1) is 15.7. The van der Waals surface area contributed by atoms with Gasteiger partial charge < -0.3 is 0 Å². The van der Waals surface area contributed by atoms with Crippen molar-refractivity contribution >= 4 is 11.3 Å². The highest BCUT2D eigenvalue weighted by Gasteiger charge is 2.23. The van der Waals surface area contributed by atoms with Gasteiger partial charge in [0.15, 0.2) is 0 Å². The molecule has 0 saturated carbocycles. The summed E-state index contributed by atoms with van der Waals surface area (Å²) in [6, 6.07) is 6.82. The van der Waals surface area contributed by atoms with Gasteiger partial charge in [0.25, 0.3) is 0 Å². The molecule has 1 aromatic carbocycles. The van der Waals surface area contributed by atoms with E-state index in [0.717, 1.165) is 24.3 Å². The minimum Gasteiger partial charge on any atom is -0.257 e. The number of hydrogen-bond donors (Lipinski definition) is 0. The van der Waals surface area contributed by atoms with Crippen molar-refractivity contribution in [1.29, 1.82) is 0 Å². The summed E-state index contributed by atoms with van der Waals surface area (Å²) in [7, 11) is 0. The zero-order chi connectivity index (χ0) is 16.6. The van der Waals surface area contributed by atoms with Gasteiger partial charge in [-0.3, -0.25) is 4.99 Å². The topological polar surface area (TPSA) is 12.4 Å². The average Bonchev–Trinajstić information content (AvgIpc) is 2.51. The number of aliphatic imine (C=N–C) groups is 1. The normalized spacial score (nSPS) is 18.3. The van der Waals surface area contributed by atoms with Crippen molar-refractivity contribution in [2.24, 2.45) is 4.99 Å². The second-order valence-electron chi connectivity index (χ2n) is 6.72. The Morgan fingerprint density at radius 1 is 1.22 bits per heavy atom. The van der Waals surface area contributed by atoms with Gasteiger partial charge in [0, 0.05) is 22.9 Å². The molecule has 0 saturated heterocycles. The van der Waals surface area contributed by atoms with Gasteiger partial charge in [-0.15, -0.1) is 0 Å². The summed E-state index contributed by atoms with van der Waals surface area (Å²) in [5.41, 5.74) is 10.3. The average molecular weight is 303 g/mol. The molecule has 0 N–H and O–H groups in total. The standard InChI is InChI=1S/C22H25N/c1-14(2)21(18-9-7-6-8-10-18)20-13-19(12-11-15(20)3)22-16(4)23-17(22)5/h6-7,9,11-13,21H,1,8,10H2,2-5H3. The molecule has 118 valence electrons. The van der Waals surface area contributed by atoms with E-state index in [1.54, 1.807) is 0 Å². The smallest absolute Gasteiger partial charge is 0.0472 e. The molecular formula is C22H25N. The largest absolute Gasteiger partial charge is 0.257 e. The third kappa shape index (κ3) is 2.88. The first-order chi connectivity index (χ1) is 11.0. The summed E-state index contributed by atoms with van der Waals surface area (Å²) >= 11 is 0. The lowest BCUT2D eigenvalue weighted by Crippen LogP contribution is -2.11. The van der Waals surface area contributed by atoms with Crippen LogP contribution < -0.4 is 0 Å². The molecule has 0 amide bonds. The third-order valence-electron chi connectivity index (χ3n) is 4.85. The van der Waals surface area contributed by atoms with Gasteiger partial charge in [-0.1, -0.05) is 48.1 Å². The van der Waals surface area contributed by atoms with Crippen LogP contribution in [0.1, 0.15) is 56.2 Å². The minimum atomic E-state index is 0.318. The fourth-order valence-corrected chi connectivity index (χ4v) is 3.74. The maximum absolute atomic E-state index is 4.46. The van der Waals surface area contributed by atoms with Crippen molar-refractivity contribution in [3.63, 3.8) is 0 Å². The van der Waals surface area contributed by atoms with Crippen molar-refractivity contribution in [3.8, 4) is 0 Å². The number of rotatable bonds is 4. The molecule has 1 aromatic rings. The lowest BCUT2D eigenvalue weighted by atomic mass is 9.79. The molecule has 1 heteroatoms. The molecule has 1 atom stereocenters. The lowest BCUT2D eigenvalue weighted by molar-refractivity contribution is 0.814. The summed E-state index contributed by atoms with van der Waals surface area (Å²) in [4.78, 5) is 4.46. The minimum absolute atomic E-state index is 0.318. The Morgan fingerprint density at radius 2 is 2.00 bits per heavy atom. The first-order valence-corrected chi connectivity index (χ1v) is 8.37. The van der Waals surface area contributed by atoms with E-state index in [-0.39, 0.29) is 0 Å². The van der Waals surface area contributed by atoms with Crippen LogP contribution in [0.4, 0.5) is 0 Å². The molecule has 23 heavy (non-hydrogen) atoms. The predicted octanol–water partition coefficient (Wildman–Crippen LogP) is 6.14. The molecule has 0 spiro atoms. The maximum Gasteiger partial charge on any atom is 0.0472 e. The van der Waals surface area contributed by atoms with Crippen LogP contribution in [0.15, 0.2) is 64.8 Å². The molecule has 1 aliphatic heterocycles.